The van der Waals surface area contributed by atoms with Gasteiger partial charge in [-0.05, 0) is 6.92 Å². The zero-order valence-corrected chi connectivity index (χ0v) is 7.40. The molecule has 0 aliphatic rings. The monoisotopic (exact) mass is 153 g/mol. The number of ketones is 1. The molecule has 0 atom stereocenters. The van der Waals surface area contributed by atoms with E-state index in [-0.39, 0.29) is 11.7 Å². The van der Waals surface area contributed by atoms with Crippen LogP contribution in [0, 0.1) is 5.92 Å². The van der Waals surface area contributed by atoms with Gasteiger partial charge in [-0.3, -0.25) is 4.79 Å². The van der Waals surface area contributed by atoms with Crippen molar-refractivity contribution in [3.05, 3.63) is 24.6 Å². The quantitative estimate of drug-likeness (QED) is 0.624. The summed E-state index contributed by atoms with van der Waals surface area (Å²) >= 11 is 0. The number of nitrogens with one attached hydrogen (secondary N) is 1. The number of hydrogen-bond donors (Lipinski definition) is 1. The van der Waals surface area contributed by atoms with Crippen LogP contribution in [0.3, 0.4) is 0 Å². The third kappa shape index (κ3) is 3.61. The summed E-state index contributed by atoms with van der Waals surface area (Å²) in [7, 11) is 0. The van der Waals surface area contributed by atoms with Crippen LogP contribution in [0.2, 0.25) is 0 Å². The SMILES string of the molecule is C=C(C)NC(=C)C(=O)C(C)C. The van der Waals surface area contributed by atoms with E-state index in [1.54, 1.807) is 6.92 Å². The van der Waals surface area contributed by atoms with Gasteiger partial charge in [0, 0.05) is 11.6 Å². The fourth-order valence-electron chi connectivity index (χ4n) is 0.668. The average molecular weight is 153 g/mol. The van der Waals surface area contributed by atoms with Gasteiger partial charge in [0.25, 0.3) is 0 Å². The maximum Gasteiger partial charge on any atom is 0.180 e. The minimum Gasteiger partial charge on any atom is -0.357 e. The van der Waals surface area contributed by atoms with Crippen molar-refractivity contribution in [2.45, 2.75) is 20.8 Å². The van der Waals surface area contributed by atoms with E-state index < -0.39 is 0 Å². The van der Waals surface area contributed by atoms with Gasteiger partial charge in [0.15, 0.2) is 5.78 Å². The Morgan fingerprint density at radius 2 is 1.82 bits per heavy atom. The lowest BCUT2D eigenvalue weighted by Gasteiger charge is -2.09. The van der Waals surface area contributed by atoms with Crippen LogP contribution in [0.4, 0.5) is 0 Å². The second-order valence-electron chi connectivity index (χ2n) is 2.90. The Balaban J connectivity index is 4.05. The highest BCUT2D eigenvalue weighted by Gasteiger charge is 2.10. The number of carbonyl (C=O) groups excluding carboxylic acids is 1. The van der Waals surface area contributed by atoms with Gasteiger partial charge in [-0.1, -0.05) is 27.0 Å². The summed E-state index contributed by atoms with van der Waals surface area (Å²) in [4.78, 5) is 11.2. The van der Waals surface area contributed by atoms with Gasteiger partial charge < -0.3 is 5.32 Å². The number of hydrogen-bond acceptors (Lipinski definition) is 2. The number of Topliss-reactive ketones (excluding diaryl/α,β-unsaturated/α-hetero) is 1. The van der Waals surface area contributed by atoms with Crippen molar-refractivity contribution in [2.75, 3.05) is 0 Å². The molecule has 0 saturated carbocycles. The standard InChI is InChI=1S/C9H15NO/c1-6(2)9(11)8(5)10-7(3)4/h6,10H,3,5H2,1-2,4H3. The van der Waals surface area contributed by atoms with Crippen LogP contribution in [0.1, 0.15) is 20.8 Å². The van der Waals surface area contributed by atoms with Crippen molar-refractivity contribution in [3.63, 3.8) is 0 Å². The van der Waals surface area contributed by atoms with Crippen LogP contribution in [-0.2, 0) is 4.79 Å². The Labute approximate surface area is 68.0 Å². The summed E-state index contributed by atoms with van der Waals surface area (Å²) in [5.41, 5.74) is 1.16. The summed E-state index contributed by atoms with van der Waals surface area (Å²) in [5, 5.41) is 2.79. The van der Waals surface area contributed by atoms with Crippen LogP contribution in [-0.4, -0.2) is 5.78 Å². The van der Waals surface area contributed by atoms with Crippen molar-refractivity contribution < 1.29 is 4.79 Å². The first kappa shape index (κ1) is 9.95. The molecule has 0 radical (unpaired) electrons. The third-order valence-corrected chi connectivity index (χ3v) is 1.19. The molecule has 0 aromatic rings. The van der Waals surface area contributed by atoms with E-state index in [4.69, 9.17) is 0 Å². The fraction of sp³-hybridized carbons (Fsp3) is 0.444. The van der Waals surface area contributed by atoms with Crippen LogP contribution in [0.25, 0.3) is 0 Å². The molecule has 0 amide bonds. The van der Waals surface area contributed by atoms with Gasteiger partial charge in [-0.15, -0.1) is 0 Å². The molecule has 0 saturated heterocycles. The summed E-state index contributed by atoms with van der Waals surface area (Å²) in [5.74, 6) is 0.0300. The zero-order valence-electron chi connectivity index (χ0n) is 7.40. The second kappa shape index (κ2) is 3.96. The molecule has 0 unspecified atom stereocenters. The smallest absolute Gasteiger partial charge is 0.180 e. The van der Waals surface area contributed by atoms with E-state index in [9.17, 15) is 4.79 Å². The Morgan fingerprint density at radius 1 is 1.36 bits per heavy atom. The Morgan fingerprint density at radius 3 is 2.09 bits per heavy atom. The molecule has 0 aliphatic heterocycles. The molecule has 11 heavy (non-hydrogen) atoms. The van der Waals surface area contributed by atoms with Crippen molar-refractivity contribution in [1.29, 1.82) is 0 Å². The van der Waals surface area contributed by atoms with E-state index >= 15 is 0 Å². The fourth-order valence-corrected chi connectivity index (χ4v) is 0.668. The van der Waals surface area contributed by atoms with Crippen LogP contribution < -0.4 is 5.32 Å². The topological polar surface area (TPSA) is 29.1 Å². The minimum absolute atomic E-state index is 0.00523. The minimum atomic E-state index is -0.00523. The van der Waals surface area contributed by atoms with Gasteiger partial charge in [0.1, 0.15) is 0 Å². The van der Waals surface area contributed by atoms with Gasteiger partial charge in [0.05, 0.1) is 5.70 Å². The molecule has 2 nitrogen and oxygen atoms in total. The first-order valence-electron chi connectivity index (χ1n) is 3.60. The molecule has 0 spiro atoms. The van der Waals surface area contributed by atoms with Crippen LogP contribution >= 0.6 is 0 Å². The summed E-state index contributed by atoms with van der Waals surface area (Å²) in [6.07, 6.45) is 0. The largest absolute Gasteiger partial charge is 0.357 e. The highest BCUT2D eigenvalue weighted by atomic mass is 16.1. The van der Waals surface area contributed by atoms with Crippen LogP contribution in [0.5, 0.6) is 0 Å². The zero-order chi connectivity index (χ0) is 9.02. The number of carbonyl (C=O) groups is 1. The lowest BCUT2D eigenvalue weighted by molar-refractivity contribution is -0.118. The molecular formula is C9H15NO. The predicted octanol–water partition coefficient (Wildman–Crippen LogP) is 1.85. The first-order chi connectivity index (χ1) is 4.95. The first-order valence-corrected chi connectivity index (χ1v) is 3.60. The predicted molar refractivity (Wildman–Crippen MR) is 46.9 cm³/mol. The molecule has 0 rings (SSSR count). The molecule has 0 heterocycles. The molecule has 0 bridgehead atoms. The molecule has 0 fully saturated rings. The van der Waals surface area contributed by atoms with E-state index in [1.807, 2.05) is 13.8 Å². The van der Waals surface area contributed by atoms with E-state index in [0.717, 1.165) is 5.70 Å². The molecule has 2 heteroatoms. The van der Waals surface area contributed by atoms with E-state index in [1.165, 1.54) is 0 Å². The third-order valence-electron chi connectivity index (χ3n) is 1.19. The summed E-state index contributed by atoms with van der Waals surface area (Å²) < 4.78 is 0. The average Bonchev–Trinajstić information content (AvgIpc) is 1.84. The Hall–Kier alpha value is -1.05. The maximum absolute atomic E-state index is 11.2. The van der Waals surface area contributed by atoms with Crippen molar-refractivity contribution in [1.82, 2.24) is 5.32 Å². The number of allylic oxidation sites excluding steroid dienone is 2. The second-order valence-corrected chi connectivity index (χ2v) is 2.90. The van der Waals surface area contributed by atoms with Gasteiger partial charge >= 0.3 is 0 Å². The molecule has 1 N–H and O–H groups in total. The van der Waals surface area contributed by atoms with Gasteiger partial charge in [-0.2, -0.15) is 0 Å². The summed E-state index contributed by atoms with van der Waals surface area (Å²) in [6.45, 7) is 12.7. The molecule has 0 aromatic heterocycles. The highest BCUT2D eigenvalue weighted by Crippen LogP contribution is 2.01. The maximum atomic E-state index is 11.2. The summed E-state index contributed by atoms with van der Waals surface area (Å²) in [6, 6.07) is 0. The molecule has 0 aliphatic carbocycles. The van der Waals surface area contributed by atoms with Crippen molar-refractivity contribution in [3.8, 4) is 0 Å². The number of rotatable bonds is 4. The van der Waals surface area contributed by atoms with E-state index in [0.29, 0.717) is 5.70 Å². The van der Waals surface area contributed by atoms with Crippen molar-refractivity contribution in [2.24, 2.45) is 5.92 Å². The lowest BCUT2D eigenvalue weighted by atomic mass is 10.1. The highest BCUT2D eigenvalue weighted by molar-refractivity contribution is 5.95. The molecule has 62 valence electrons. The Bertz CT molecular complexity index is 192. The van der Waals surface area contributed by atoms with E-state index in [2.05, 4.69) is 18.5 Å². The molecule has 0 aromatic carbocycles. The normalized spacial score (nSPS) is 9.45. The van der Waals surface area contributed by atoms with Gasteiger partial charge in [0.2, 0.25) is 0 Å². The lowest BCUT2D eigenvalue weighted by Crippen LogP contribution is -2.20. The van der Waals surface area contributed by atoms with Gasteiger partial charge in [-0.25, -0.2) is 0 Å². The Kier molecular flexibility index (Phi) is 3.58. The van der Waals surface area contributed by atoms with Crippen molar-refractivity contribution >= 4 is 5.78 Å². The van der Waals surface area contributed by atoms with Crippen LogP contribution in [0.15, 0.2) is 24.6 Å². The molecular weight excluding hydrogens is 138 g/mol.